The molecule has 1 amide bonds. The maximum Gasteiger partial charge on any atom is 0.237 e. The molecule has 25 heavy (non-hydrogen) atoms. The van der Waals surface area contributed by atoms with Crippen LogP contribution in [0.5, 0.6) is 0 Å². The summed E-state index contributed by atoms with van der Waals surface area (Å²) in [5.41, 5.74) is 8.52. The summed E-state index contributed by atoms with van der Waals surface area (Å²) in [4.78, 5) is 14.8. The van der Waals surface area contributed by atoms with Gasteiger partial charge in [0.1, 0.15) is 0 Å². The van der Waals surface area contributed by atoms with Gasteiger partial charge >= 0.3 is 0 Å². The van der Waals surface area contributed by atoms with E-state index in [1.165, 1.54) is 5.56 Å². The number of amides is 1. The van der Waals surface area contributed by atoms with Crippen molar-refractivity contribution in [2.45, 2.75) is 37.9 Å². The van der Waals surface area contributed by atoms with Crippen LogP contribution < -0.4 is 11.1 Å². The van der Waals surface area contributed by atoms with Gasteiger partial charge in [0.25, 0.3) is 0 Å². The molecule has 1 aliphatic rings. The van der Waals surface area contributed by atoms with E-state index in [1.807, 2.05) is 36.4 Å². The van der Waals surface area contributed by atoms with E-state index in [0.29, 0.717) is 6.42 Å². The molecule has 0 saturated carbocycles. The number of nitrogens with two attached hydrogens (primary N) is 1. The Morgan fingerprint density at radius 3 is 2.16 bits per heavy atom. The predicted octanol–water partition coefficient (Wildman–Crippen LogP) is 2.34. The topological polar surface area (TPSA) is 58.4 Å². The fourth-order valence-electron chi connectivity index (χ4n) is 3.35. The summed E-state index contributed by atoms with van der Waals surface area (Å²) in [6.45, 7) is 3.00. The van der Waals surface area contributed by atoms with Gasteiger partial charge in [0.05, 0.1) is 6.04 Å². The lowest BCUT2D eigenvalue weighted by Crippen LogP contribution is -2.50. The van der Waals surface area contributed by atoms with Gasteiger partial charge in [-0.05, 0) is 30.4 Å². The molecule has 0 spiro atoms. The second-order valence-corrected chi connectivity index (χ2v) is 6.84. The van der Waals surface area contributed by atoms with Crippen molar-refractivity contribution in [1.82, 2.24) is 10.2 Å². The van der Waals surface area contributed by atoms with Crippen LogP contribution in [0.1, 0.15) is 24.0 Å². The number of nitrogens with zero attached hydrogens (tertiary/aromatic N) is 1. The first kappa shape index (κ1) is 17.6. The molecule has 4 nitrogen and oxygen atoms in total. The standard InChI is InChI=1S/C21H27N3O/c22-20(15-17-7-3-1-4-8-17)21(25)23-19-11-13-24(14-12-19)16-18-9-5-2-6-10-18/h1-10,19-20H,11-16,22H2,(H,23,25)/t20-/m0/s1. The van der Waals surface area contributed by atoms with Crippen molar-refractivity contribution < 1.29 is 4.79 Å². The number of carbonyl (C=O) groups is 1. The Labute approximate surface area is 150 Å². The van der Waals surface area contributed by atoms with Gasteiger partial charge in [-0.1, -0.05) is 60.7 Å². The maximum absolute atomic E-state index is 12.3. The van der Waals surface area contributed by atoms with E-state index < -0.39 is 6.04 Å². The second-order valence-electron chi connectivity index (χ2n) is 6.84. The van der Waals surface area contributed by atoms with Crippen LogP contribution in [0.4, 0.5) is 0 Å². The predicted molar refractivity (Wildman–Crippen MR) is 101 cm³/mol. The highest BCUT2D eigenvalue weighted by molar-refractivity contribution is 5.82. The quantitative estimate of drug-likeness (QED) is 0.851. The van der Waals surface area contributed by atoms with E-state index in [-0.39, 0.29) is 11.9 Å². The summed E-state index contributed by atoms with van der Waals surface area (Å²) in [5, 5.41) is 3.13. The first-order chi connectivity index (χ1) is 12.2. The van der Waals surface area contributed by atoms with Crippen molar-refractivity contribution in [3.05, 3.63) is 71.8 Å². The fraction of sp³-hybridized carbons (Fsp3) is 0.381. The first-order valence-electron chi connectivity index (χ1n) is 9.07. The van der Waals surface area contributed by atoms with Crippen LogP contribution in [-0.2, 0) is 17.8 Å². The first-order valence-corrected chi connectivity index (χ1v) is 9.07. The van der Waals surface area contributed by atoms with Gasteiger partial charge in [0, 0.05) is 25.7 Å². The minimum absolute atomic E-state index is 0.0367. The number of likely N-dealkylation sites (tertiary alicyclic amines) is 1. The number of benzene rings is 2. The molecule has 0 aromatic heterocycles. The van der Waals surface area contributed by atoms with Crippen LogP contribution in [-0.4, -0.2) is 36.0 Å². The summed E-state index contributed by atoms with van der Waals surface area (Å²) < 4.78 is 0. The largest absolute Gasteiger partial charge is 0.352 e. The summed E-state index contributed by atoms with van der Waals surface area (Å²) in [7, 11) is 0. The van der Waals surface area contributed by atoms with Crippen LogP contribution in [0, 0.1) is 0 Å². The molecule has 1 fully saturated rings. The van der Waals surface area contributed by atoms with Crippen LogP contribution in [0.15, 0.2) is 60.7 Å². The average molecular weight is 337 g/mol. The van der Waals surface area contributed by atoms with Crippen LogP contribution in [0.25, 0.3) is 0 Å². The minimum atomic E-state index is -0.482. The molecule has 1 saturated heterocycles. The van der Waals surface area contributed by atoms with E-state index in [4.69, 9.17) is 5.73 Å². The van der Waals surface area contributed by atoms with Crippen molar-refractivity contribution in [2.24, 2.45) is 5.73 Å². The maximum atomic E-state index is 12.3. The molecule has 4 heteroatoms. The Morgan fingerprint density at radius 1 is 1.00 bits per heavy atom. The Balaban J connectivity index is 1.41. The van der Waals surface area contributed by atoms with Crippen molar-refractivity contribution in [3.63, 3.8) is 0 Å². The lowest BCUT2D eigenvalue weighted by molar-refractivity contribution is -0.123. The Kier molecular flexibility index (Phi) is 6.20. The Bertz CT molecular complexity index is 651. The molecular weight excluding hydrogens is 310 g/mol. The smallest absolute Gasteiger partial charge is 0.237 e. The zero-order valence-electron chi connectivity index (χ0n) is 14.6. The molecule has 132 valence electrons. The van der Waals surface area contributed by atoms with E-state index >= 15 is 0 Å². The van der Waals surface area contributed by atoms with E-state index in [2.05, 4.69) is 34.5 Å². The molecule has 0 bridgehead atoms. The molecule has 3 rings (SSSR count). The third-order valence-electron chi connectivity index (χ3n) is 4.82. The summed E-state index contributed by atoms with van der Waals surface area (Å²) >= 11 is 0. The normalized spacial score (nSPS) is 17.2. The van der Waals surface area contributed by atoms with Crippen LogP contribution >= 0.6 is 0 Å². The lowest BCUT2D eigenvalue weighted by atomic mass is 10.0. The highest BCUT2D eigenvalue weighted by Gasteiger charge is 2.23. The number of carbonyl (C=O) groups excluding carboxylic acids is 1. The fourth-order valence-corrected chi connectivity index (χ4v) is 3.35. The molecule has 1 heterocycles. The Morgan fingerprint density at radius 2 is 1.56 bits per heavy atom. The number of hydrogen-bond donors (Lipinski definition) is 2. The molecule has 0 radical (unpaired) electrons. The lowest BCUT2D eigenvalue weighted by Gasteiger charge is -2.32. The van der Waals surface area contributed by atoms with Gasteiger partial charge in [-0.15, -0.1) is 0 Å². The number of piperidine rings is 1. The van der Waals surface area contributed by atoms with Crippen molar-refractivity contribution in [3.8, 4) is 0 Å². The summed E-state index contributed by atoms with van der Waals surface area (Å²) in [6.07, 6.45) is 2.55. The summed E-state index contributed by atoms with van der Waals surface area (Å²) in [6, 6.07) is 20.2. The van der Waals surface area contributed by atoms with E-state index in [9.17, 15) is 4.79 Å². The SMILES string of the molecule is N[C@@H](Cc1ccccc1)C(=O)NC1CCN(Cc2ccccc2)CC1. The van der Waals surface area contributed by atoms with Gasteiger partial charge in [0.2, 0.25) is 5.91 Å². The molecule has 0 unspecified atom stereocenters. The monoisotopic (exact) mass is 337 g/mol. The van der Waals surface area contributed by atoms with E-state index in [0.717, 1.165) is 38.0 Å². The molecule has 1 atom stereocenters. The number of nitrogens with one attached hydrogen (secondary N) is 1. The van der Waals surface area contributed by atoms with Crippen molar-refractivity contribution in [2.75, 3.05) is 13.1 Å². The molecule has 0 aliphatic carbocycles. The minimum Gasteiger partial charge on any atom is -0.352 e. The van der Waals surface area contributed by atoms with Crippen molar-refractivity contribution >= 4 is 5.91 Å². The van der Waals surface area contributed by atoms with Gasteiger partial charge in [-0.25, -0.2) is 0 Å². The number of hydrogen-bond acceptors (Lipinski definition) is 3. The average Bonchev–Trinajstić information content (AvgIpc) is 2.65. The highest BCUT2D eigenvalue weighted by Crippen LogP contribution is 2.14. The van der Waals surface area contributed by atoms with Gasteiger partial charge in [0.15, 0.2) is 0 Å². The molecule has 2 aromatic carbocycles. The van der Waals surface area contributed by atoms with Crippen molar-refractivity contribution in [1.29, 1.82) is 0 Å². The highest BCUT2D eigenvalue weighted by atomic mass is 16.2. The van der Waals surface area contributed by atoms with Gasteiger partial charge < -0.3 is 11.1 Å². The third-order valence-corrected chi connectivity index (χ3v) is 4.82. The second kappa shape index (κ2) is 8.79. The van der Waals surface area contributed by atoms with Crippen LogP contribution in [0.3, 0.4) is 0 Å². The molecular formula is C21H27N3O. The van der Waals surface area contributed by atoms with Crippen LogP contribution in [0.2, 0.25) is 0 Å². The third kappa shape index (κ3) is 5.41. The Hall–Kier alpha value is -2.17. The van der Waals surface area contributed by atoms with Gasteiger partial charge in [-0.2, -0.15) is 0 Å². The zero-order chi connectivity index (χ0) is 17.5. The number of rotatable bonds is 6. The molecule has 2 aromatic rings. The zero-order valence-corrected chi connectivity index (χ0v) is 14.6. The van der Waals surface area contributed by atoms with E-state index in [1.54, 1.807) is 0 Å². The molecule has 1 aliphatic heterocycles. The molecule has 3 N–H and O–H groups in total. The van der Waals surface area contributed by atoms with Gasteiger partial charge in [-0.3, -0.25) is 9.69 Å². The summed E-state index contributed by atoms with van der Waals surface area (Å²) in [5.74, 6) is -0.0367.